The van der Waals surface area contributed by atoms with Crippen LogP contribution in [0, 0.1) is 0 Å². The van der Waals surface area contributed by atoms with Crippen molar-refractivity contribution in [1.29, 1.82) is 0 Å². The van der Waals surface area contributed by atoms with E-state index in [1.165, 1.54) is 0 Å². The largest absolute Gasteiger partial charge is 0.444 e. The van der Waals surface area contributed by atoms with Gasteiger partial charge in [-0.15, -0.1) is 0 Å². The molecule has 3 N–H and O–H groups in total. The Balaban J connectivity index is 2.09. The Kier molecular flexibility index (Phi) is 6.87. The number of hydrogen-bond acceptors (Lipinski definition) is 4. The zero-order valence-corrected chi connectivity index (χ0v) is 13.4. The van der Waals surface area contributed by atoms with Gasteiger partial charge in [0, 0.05) is 19.3 Å². The first-order chi connectivity index (χ1) is 9.87. The minimum absolute atomic E-state index is 0.406. The second-order valence-corrected chi connectivity index (χ2v) is 5.79. The third-order valence-corrected chi connectivity index (χ3v) is 2.46. The number of anilines is 1. The number of nitrogens with one attached hydrogen (secondary N) is 3. The molecule has 1 rings (SSSR count). The van der Waals surface area contributed by atoms with Crippen LogP contribution in [0.2, 0.25) is 0 Å². The number of carbonyl (C=O) groups is 1. The van der Waals surface area contributed by atoms with Crippen molar-refractivity contribution in [2.45, 2.75) is 32.8 Å². The maximum Gasteiger partial charge on any atom is 0.407 e. The third kappa shape index (κ3) is 8.80. The van der Waals surface area contributed by atoms with Crippen molar-refractivity contribution < 1.29 is 9.53 Å². The molecule has 0 aliphatic carbocycles. The first kappa shape index (κ1) is 17.2. The van der Waals surface area contributed by atoms with Crippen LogP contribution in [0.5, 0.6) is 0 Å². The first-order valence-electron chi connectivity index (χ1n) is 6.79. The number of alkyl carbamates (subject to hydrolysis) is 1. The van der Waals surface area contributed by atoms with E-state index in [-0.39, 0.29) is 0 Å². The molecule has 0 spiro atoms. The third-order valence-electron chi connectivity index (χ3n) is 2.21. The molecule has 0 radical (unpaired) electrons. The van der Waals surface area contributed by atoms with Crippen LogP contribution < -0.4 is 16.0 Å². The van der Waals surface area contributed by atoms with Crippen molar-refractivity contribution in [3.05, 3.63) is 24.4 Å². The average molecular weight is 310 g/mol. The quantitative estimate of drug-likeness (QED) is 0.572. The molecule has 7 heteroatoms. The van der Waals surface area contributed by atoms with Crippen molar-refractivity contribution in [3.63, 3.8) is 0 Å². The predicted molar refractivity (Wildman–Crippen MR) is 87.3 cm³/mol. The number of nitrogens with zero attached hydrogens (tertiary/aromatic N) is 1. The van der Waals surface area contributed by atoms with E-state index in [0.717, 1.165) is 6.42 Å². The molecule has 6 nitrogen and oxygen atoms in total. The highest BCUT2D eigenvalue weighted by atomic mass is 32.1. The lowest BCUT2D eigenvalue weighted by Gasteiger charge is -2.19. The van der Waals surface area contributed by atoms with Gasteiger partial charge < -0.3 is 20.7 Å². The molecule has 0 bridgehead atoms. The Hall–Kier alpha value is -1.89. The summed E-state index contributed by atoms with van der Waals surface area (Å²) >= 11 is 5.13. The molecule has 116 valence electrons. The van der Waals surface area contributed by atoms with Crippen molar-refractivity contribution in [1.82, 2.24) is 15.6 Å². The average Bonchev–Trinajstić information content (AvgIpc) is 2.37. The highest BCUT2D eigenvalue weighted by molar-refractivity contribution is 7.80. The fourth-order valence-corrected chi connectivity index (χ4v) is 1.60. The summed E-state index contributed by atoms with van der Waals surface area (Å²) in [6.07, 6.45) is 2.02. The van der Waals surface area contributed by atoms with Crippen LogP contribution in [0.3, 0.4) is 0 Å². The molecule has 0 aliphatic rings. The minimum Gasteiger partial charge on any atom is -0.444 e. The van der Waals surface area contributed by atoms with Gasteiger partial charge in [0.25, 0.3) is 0 Å². The van der Waals surface area contributed by atoms with E-state index in [1.807, 2.05) is 39.0 Å². The molecular formula is C14H22N4O2S. The number of amides is 1. The van der Waals surface area contributed by atoms with E-state index in [1.54, 1.807) is 6.20 Å². The number of ether oxygens (including phenoxy) is 1. The predicted octanol–water partition coefficient (Wildman–Crippen LogP) is 2.28. The molecule has 0 aliphatic heterocycles. The molecule has 0 saturated carbocycles. The molecule has 0 fully saturated rings. The molecule has 21 heavy (non-hydrogen) atoms. The van der Waals surface area contributed by atoms with Crippen LogP contribution in [0.25, 0.3) is 0 Å². The molecule has 1 aromatic rings. The lowest BCUT2D eigenvalue weighted by atomic mass is 10.2. The standard InChI is InChI=1S/C14H22N4O2S/c1-14(2,3)20-13(19)17-10-6-9-16-12(21)18-11-7-4-5-8-15-11/h4-5,7-8H,6,9-10H2,1-3H3,(H,17,19)(H2,15,16,18,21). The van der Waals surface area contributed by atoms with E-state index in [2.05, 4.69) is 20.9 Å². The van der Waals surface area contributed by atoms with Gasteiger partial charge in [0.15, 0.2) is 5.11 Å². The fourth-order valence-electron chi connectivity index (χ4n) is 1.39. The van der Waals surface area contributed by atoms with Gasteiger partial charge >= 0.3 is 6.09 Å². The summed E-state index contributed by atoms with van der Waals surface area (Å²) in [5.74, 6) is 0.696. The maximum atomic E-state index is 11.4. The van der Waals surface area contributed by atoms with Gasteiger partial charge in [0.05, 0.1) is 0 Å². The van der Waals surface area contributed by atoms with E-state index < -0.39 is 11.7 Å². The normalized spacial score (nSPS) is 10.6. The Morgan fingerprint density at radius 3 is 2.62 bits per heavy atom. The molecule has 1 aromatic heterocycles. The maximum absolute atomic E-state index is 11.4. The highest BCUT2D eigenvalue weighted by Crippen LogP contribution is 2.06. The van der Waals surface area contributed by atoms with Crippen LogP contribution >= 0.6 is 12.2 Å². The Morgan fingerprint density at radius 2 is 2.00 bits per heavy atom. The fraction of sp³-hybridized carbons (Fsp3) is 0.500. The Morgan fingerprint density at radius 1 is 1.29 bits per heavy atom. The van der Waals surface area contributed by atoms with E-state index in [0.29, 0.717) is 24.0 Å². The number of carbonyl (C=O) groups excluding carboxylic acids is 1. The second kappa shape index (κ2) is 8.41. The van der Waals surface area contributed by atoms with Gasteiger partial charge in [-0.1, -0.05) is 6.07 Å². The molecule has 0 aromatic carbocycles. The summed E-state index contributed by atoms with van der Waals surface area (Å²) < 4.78 is 5.13. The van der Waals surface area contributed by atoms with Crippen molar-refractivity contribution in [2.75, 3.05) is 18.4 Å². The van der Waals surface area contributed by atoms with Gasteiger partial charge in [-0.05, 0) is 51.5 Å². The van der Waals surface area contributed by atoms with Gasteiger partial charge in [0.1, 0.15) is 11.4 Å². The lowest BCUT2D eigenvalue weighted by molar-refractivity contribution is 0.0527. The van der Waals surface area contributed by atoms with Crippen LogP contribution in [0.1, 0.15) is 27.2 Å². The van der Waals surface area contributed by atoms with Crippen molar-refractivity contribution in [3.8, 4) is 0 Å². The number of hydrogen-bond donors (Lipinski definition) is 3. The van der Waals surface area contributed by atoms with Crippen molar-refractivity contribution in [2.24, 2.45) is 0 Å². The molecule has 0 atom stereocenters. The molecule has 1 amide bonds. The zero-order chi connectivity index (χ0) is 15.7. The smallest absolute Gasteiger partial charge is 0.407 e. The van der Waals surface area contributed by atoms with Crippen LogP contribution in [-0.4, -0.2) is 34.9 Å². The van der Waals surface area contributed by atoms with E-state index in [9.17, 15) is 4.79 Å². The highest BCUT2D eigenvalue weighted by Gasteiger charge is 2.15. The summed E-state index contributed by atoms with van der Waals surface area (Å²) in [4.78, 5) is 15.5. The number of thiocarbonyl (C=S) groups is 1. The molecule has 1 heterocycles. The van der Waals surface area contributed by atoms with Crippen LogP contribution in [0.15, 0.2) is 24.4 Å². The van der Waals surface area contributed by atoms with Gasteiger partial charge in [-0.3, -0.25) is 0 Å². The minimum atomic E-state index is -0.476. The van der Waals surface area contributed by atoms with Crippen molar-refractivity contribution >= 4 is 29.2 Å². The summed E-state index contributed by atoms with van der Waals surface area (Å²) in [5, 5.41) is 9.20. The number of pyridine rings is 1. The molecular weight excluding hydrogens is 288 g/mol. The Labute approximate surface area is 130 Å². The summed E-state index contributed by atoms with van der Waals surface area (Å²) in [7, 11) is 0. The number of aromatic nitrogens is 1. The summed E-state index contributed by atoms with van der Waals surface area (Å²) in [6.45, 7) is 6.66. The molecule has 0 saturated heterocycles. The number of rotatable bonds is 5. The summed E-state index contributed by atoms with van der Waals surface area (Å²) in [6, 6.07) is 5.55. The second-order valence-electron chi connectivity index (χ2n) is 5.38. The lowest BCUT2D eigenvalue weighted by Crippen LogP contribution is -2.35. The van der Waals surface area contributed by atoms with Crippen LogP contribution in [0.4, 0.5) is 10.6 Å². The monoisotopic (exact) mass is 310 g/mol. The van der Waals surface area contributed by atoms with Gasteiger partial charge in [-0.25, -0.2) is 9.78 Å². The SMILES string of the molecule is CC(C)(C)OC(=O)NCCCNC(=S)Nc1ccccn1. The van der Waals surface area contributed by atoms with E-state index >= 15 is 0 Å². The summed E-state index contributed by atoms with van der Waals surface area (Å²) in [5.41, 5.74) is -0.476. The van der Waals surface area contributed by atoms with Crippen LogP contribution in [-0.2, 0) is 4.74 Å². The topological polar surface area (TPSA) is 75.3 Å². The van der Waals surface area contributed by atoms with E-state index in [4.69, 9.17) is 17.0 Å². The Bertz CT molecular complexity index is 460. The molecule has 0 unspecified atom stereocenters. The zero-order valence-electron chi connectivity index (χ0n) is 12.6. The van der Waals surface area contributed by atoms with Gasteiger partial charge in [-0.2, -0.15) is 0 Å². The van der Waals surface area contributed by atoms with Gasteiger partial charge in [0.2, 0.25) is 0 Å². The first-order valence-corrected chi connectivity index (χ1v) is 7.20.